The van der Waals surface area contributed by atoms with Crippen LogP contribution in [-0.2, 0) is 19.6 Å². The molecule has 2 N–H and O–H groups in total. The molecule has 0 bridgehead atoms. The van der Waals surface area contributed by atoms with Crippen LogP contribution in [0.3, 0.4) is 0 Å². The quantitative estimate of drug-likeness (QED) is 0.295. The summed E-state index contributed by atoms with van der Waals surface area (Å²) in [7, 11) is -4.08. The number of nitrogens with zero attached hydrogens (tertiary/aromatic N) is 1. The predicted molar refractivity (Wildman–Crippen MR) is 148 cm³/mol. The van der Waals surface area contributed by atoms with Crippen LogP contribution >= 0.6 is 0 Å². The summed E-state index contributed by atoms with van der Waals surface area (Å²) >= 11 is 0. The fourth-order valence-corrected chi connectivity index (χ4v) is 5.09. The molecule has 0 aliphatic heterocycles. The molecule has 0 fully saturated rings. The molecule has 4 rings (SSSR count). The maximum atomic E-state index is 13.7. The predicted octanol–water partition coefficient (Wildman–Crippen LogP) is 5.58. The van der Waals surface area contributed by atoms with E-state index in [0.717, 1.165) is 9.87 Å². The second-order valence-electron chi connectivity index (χ2n) is 8.54. The van der Waals surface area contributed by atoms with Crippen LogP contribution in [0.5, 0.6) is 11.5 Å². The van der Waals surface area contributed by atoms with Gasteiger partial charge in [0, 0.05) is 18.3 Å². The zero-order chi connectivity index (χ0) is 27.1. The van der Waals surface area contributed by atoms with Gasteiger partial charge >= 0.3 is 0 Å². The number of hydrogen-bond acceptors (Lipinski definition) is 5. The van der Waals surface area contributed by atoms with E-state index in [-0.39, 0.29) is 10.8 Å². The Kier molecular flexibility index (Phi) is 8.08. The molecule has 194 valence electrons. The van der Waals surface area contributed by atoms with Gasteiger partial charge in [-0.3, -0.25) is 13.9 Å². The van der Waals surface area contributed by atoms with Crippen molar-refractivity contribution in [2.75, 3.05) is 21.5 Å². The van der Waals surface area contributed by atoms with E-state index in [0.29, 0.717) is 28.6 Å². The Bertz CT molecular complexity index is 1520. The van der Waals surface area contributed by atoms with E-state index in [4.69, 9.17) is 4.74 Å². The van der Waals surface area contributed by atoms with Gasteiger partial charge in [-0.05, 0) is 73.7 Å². The van der Waals surface area contributed by atoms with Crippen LogP contribution in [-0.4, -0.2) is 26.8 Å². The molecule has 38 heavy (non-hydrogen) atoms. The van der Waals surface area contributed by atoms with Crippen molar-refractivity contribution in [3.8, 4) is 11.5 Å². The number of para-hydroxylation sites is 1. The SMILES string of the molecule is CC(=O)Nc1cccc(NC(=O)CN(c2ccc(Oc3ccccc3)cc2)S(=O)(=O)c2ccc(C)cc2)c1. The van der Waals surface area contributed by atoms with Gasteiger partial charge in [0.1, 0.15) is 18.0 Å². The van der Waals surface area contributed by atoms with Crippen molar-refractivity contribution in [1.29, 1.82) is 0 Å². The molecular formula is C29H27N3O5S. The minimum Gasteiger partial charge on any atom is -0.457 e. The first-order chi connectivity index (χ1) is 18.2. The van der Waals surface area contributed by atoms with E-state index >= 15 is 0 Å². The summed E-state index contributed by atoms with van der Waals surface area (Å²) < 4.78 is 34.2. The number of benzene rings is 4. The smallest absolute Gasteiger partial charge is 0.264 e. The molecule has 0 atom stereocenters. The maximum Gasteiger partial charge on any atom is 0.264 e. The molecule has 0 saturated heterocycles. The van der Waals surface area contributed by atoms with Crippen LogP contribution in [0, 0.1) is 6.92 Å². The lowest BCUT2D eigenvalue weighted by Gasteiger charge is -2.24. The van der Waals surface area contributed by atoms with Crippen molar-refractivity contribution >= 4 is 38.9 Å². The molecule has 0 saturated carbocycles. The lowest BCUT2D eigenvalue weighted by atomic mass is 10.2. The van der Waals surface area contributed by atoms with Crippen LogP contribution in [0.1, 0.15) is 12.5 Å². The normalized spacial score (nSPS) is 10.9. The molecule has 8 nitrogen and oxygen atoms in total. The second-order valence-corrected chi connectivity index (χ2v) is 10.4. The minimum atomic E-state index is -4.08. The Balaban J connectivity index is 1.60. The summed E-state index contributed by atoms with van der Waals surface area (Å²) in [4.78, 5) is 24.5. The first-order valence-electron chi connectivity index (χ1n) is 11.8. The molecule has 0 heterocycles. The van der Waals surface area contributed by atoms with Gasteiger partial charge in [0.2, 0.25) is 11.8 Å². The van der Waals surface area contributed by atoms with Crippen molar-refractivity contribution in [1.82, 2.24) is 0 Å². The zero-order valence-corrected chi connectivity index (χ0v) is 21.7. The number of aryl methyl sites for hydroxylation is 1. The van der Waals surface area contributed by atoms with Crippen LogP contribution in [0.2, 0.25) is 0 Å². The highest BCUT2D eigenvalue weighted by Crippen LogP contribution is 2.28. The van der Waals surface area contributed by atoms with E-state index in [1.807, 2.05) is 37.3 Å². The summed E-state index contributed by atoms with van der Waals surface area (Å²) in [5.74, 6) is 0.367. The highest BCUT2D eigenvalue weighted by molar-refractivity contribution is 7.92. The molecule has 0 aromatic heterocycles. The number of rotatable bonds is 9. The van der Waals surface area contributed by atoms with Crippen LogP contribution in [0.15, 0.2) is 108 Å². The molecule has 4 aromatic rings. The lowest BCUT2D eigenvalue weighted by molar-refractivity contribution is -0.115. The number of sulfonamides is 1. The number of anilines is 3. The third-order valence-electron chi connectivity index (χ3n) is 5.47. The summed E-state index contributed by atoms with van der Waals surface area (Å²) in [6.45, 7) is 2.77. The summed E-state index contributed by atoms with van der Waals surface area (Å²) in [6, 6.07) is 28.7. The van der Waals surface area contributed by atoms with E-state index in [2.05, 4.69) is 10.6 Å². The molecule has 0 unspecified atom stereocenters. The van der Waals surface area contributed by atoms with E-state index in [1.165, 1.54) is 19.1 Å². The third kappa shape index (κ3) is 6.77. The number of hydrogen-bond donors (Lipinski definition) is 2. The van der Waals surface area contributed by atoms with Gasteiger partial charge in [0.15, 0.2) is 0 Å². The monoisotopic (exact) mass is 529 g/mol. The average Bonchev–Trinajstić information content (AvgIpc) is 2.88. The number of ether oxygens (including phenoxy) is 1. The molecule has 0 aliphatic rings. The molecule has 0 aliphatic carbocycles. The highest BCUT2D eigenvalue weighted by atomic mass is 32.2. The van der Waals surface area contributed by atoms with Crippen LogP contribution < -0.4 is 19.7 Å². The van der Waals surface area contributed by atoms with Crippen LogP contribution in [0.4, 0.5) is 17.1 Å². The first kappa shape index (κ1) is 26.4. The number of carbonyl (C=O) groups excluding carboxylic acids is 2. The highest BCUT2D eigenvalue weighted by Gasteiger charge is 2.27. The molecule has 9 heteroatoms. The number of carbonyl (C=O) groups is 2. The standard InChI is InChI=1S/C29H27N3O5S/c1-21-11-17-28(18-12-21)38(35,36)32(20-29(34)31-24-8-6-7-23(19-24)30-22(2)33)25-13-15-27(16-14-25)37-26-9-4-3-5-10-26/h3-19H,20H2,1-2H3,(H,30,33)(H,31,34). The van der Waals surface area contributed by atoms with Crippen LogP contribution in [0.25, 0.3) is 0 Å². The van der Waals surface area contributed by atoms with Crippen molar-refractivity contribution < 1.29 is 22.7 Å². The molecule has 0 spiro atoms. The fraction of sp³-hybridized carbons (Fsp3) is 0.103. The molecule has 2 amide bonds. The van der Waals surface area contributed by atoms with E-state index < -0.39 is 22.5 Å². The Morgan fingerprint density at radius 3 is 2.00 bits per heavy atom. The van der Waals surface area contributed by atoms with Gasteiger partial charge in [0.05, 0.1) is 10.6 Å². The second kappa shape index (κ2) is 11.6. The zero-order valence-electron chi connectivity index (χ0n) is 20.9. The largest absolute Gasteiger partial charge is 0.457 e. The van der Waals surface area contributed by atoms with Gasteiger partial charge in [0.25, 0.3) is 10.0 Å². The van der Waals surface area contributed by atoms with E-state index in [9.17, 15) is 18.0 Å². The number of amides is 2. The average molecular weight is 530 g/mol. The minimum absolute atomic E-state index is 0.0631. The Labute approximate surface area is 221 Å². The van der Waals surface area contributed by atoms with Crippen molar-refractivity contribution in [3.63, 3.8) is 0 Å². The summed E-state index contributed by atoms with van der Waals surface area (Å²) in [6.07, 6.45) is 0. The topological polar surface area (TPSA) is 105 Å². The lowest BCUT2D eigenvalue weighted by Crippen LogP contribution is -2.38. The first-order valence-corrected chi connectivity index (χ1v) is 13.2. The molecule has 0 radical (unpaired) electrons. The van der Waals surface area contributed by atoms with Gasteiger partial charge in [-0.25, -0.2) is 8.42 Å². The van der Waals surface area contributed by atoms with E-state index in [1.54, 1.807) is 60.7 Å². The van der Waals surface area contributed by atoms with Crippen molar-refractivity contribution in [3.05, 3.63) is 109 Å². The molecular weight excluding hydrogens is 502 g/mol. The van der Waals surface area contributed by atoms with Gasteiger partial charge in [-0.15, -0.1) is 0 Å². The van der Waals surface area contributed by atoms with Crippen molar-refractivity contribution in [2.24, 2.45) is 0 Å². The summed E-state index contributed by atoms with van der Waals surface area (Å²) in [5.41, 5.74) is 2.14. The summed E-state index contributed by atoms with van der Waals surface area (Å²) in [5, 5.41) is 5.36. The van der Waals surface area contributed by atoms with Crippen molar-refractivity contribution in [2.45, 2.75) is 18.7 Å². The maximum absolute atomic E-state index is 13.7. The Morgan fingerprint density at radius 2 is 1.37 bits per heavy atom. The molecule has 4 aromatic carbocycles. The van der Waals surface area contributed by atoms with Gasteiger partial charge in [-0.1, -0.05) is 42.0 Å². The van der Waals surface area contributed by atoms with Gasteiger partial charge in [-0.2, -0.15) is 0 Å². The fourth-order valence-electron chi connectivity index (χ4n) is 3.67. The third-order valence-corrected chi connectivity index (χ3v) is 7.25. The Morgan fingerprint density at radius 1 is 0.763 bits per heavy atom. The van der Waals surface area contributed by atoms with Gasteiger partial charge < -0.3 is 15.4 Å². The number of nitrogens with one attached hydrogen (secondary N) is 2. The Hall–Kier alpha value is -4.63.